The number of nitrogens with zero attached hydrogens (tertiary/aromatic N) is 1. The summed E-state index contributed by atoms with van der Waals surface area (Å²) in [6.07, 6.45) is 5.81. The summed E-state index contributed by atoms with van der Waals surface area (Å²) in [7, 11) is 0. The van der Waals surface area contributed by atoms with E-state index >= 15 is 0 Å². The summed E-state index contributed by atoms with van der Waals surface area (Å²) in [4.78, 5) is 12.3. The van der Waals surface area contributed by atoms with Gasteiger partial charge in [-0.2, -0.15) is 5.10 Å². The number of amides is 1. The molecule has 1 unspecified atom stereocenters. The van der Waals surface area contributed by atoms with Crippen molar-refractivity contribution in [2.75, 3.05) is 13.2 Å². The Morgan fingerprint density at radius 3 is 2.68 bits per heavy atom. The monoisotopic (exact) mass is 481 g/mol. The molecule has 8 heteroatoms. The number of carbonyl (C=O) groups is 1. The van der Waals surface area contributed by atoms with Crippen LogP contribution in [0.15, 0.2) is 59.7 Å². The lowest BCUT2D eigenvalue weighted by Crippen LogP contribution is -2.36. The molecule has 4 N–H and O–H groups in total. The van der Waals surface area contributed by atoms with Crippen LogP contribution in [0.25, 0.3) is 10.8 Å². The van der Waals surface area contributed by atoms with E-state index in [1.807, 2.05) is 36.4 Å². The summed E-state index contributed by atoms with van der Waals surface area (Å²) < 4.78 is 5.94. The molecule has 0 spiro atoms. The van der Waals surface area contributed by atoms with Gasteiger partial charge in [0, 0.05) is 29.1 Å². The molecule has 0 bridgehead atoms. The molecule has 0 aliphatic heterocycles. The largest absolute Gasteiger partial charge is 0.506 e. The number of aliphatic hydroxyl groups excluding tert-OH is 1. The second-order valence-electron chi connectivity index (χ2n) is 8.42. The van der Waals surface area contributed by atoms with Crippen LogP contribution in [0, 0.1) is 0 Å². The Kier molecular flexibility index (Phi) is 8.00. The highest BCUT2D eigenvalue weighted by Gasteiger charge is 2.16. The van der Waals surface area contributed by atoms with Crippen LogP contribution in [0.2, 0.25) is 5.02 Å². The van der Waals surface area contributed by atoms with Crippen LogP contribution in [0.5, 0.6) is 11.5 Å². The van der Waals surface area contributed by atoms with Crippen molar-refractivity contribution in [3.05, 3.63) is 70.7 Å². The summed E-state index contributed by atoms with van der Waals surface area (Å²) in [6.45, 7) is 0.710. The zero-order valence-electron chi connectivity index (χ0n) is 18.7. The first-order chi connectivity index (χ1) is 16.5. The van der Waals surface area contributed by atoms with Crippen LogP contribution in [0.3, 0.4) is 0 Å². The van der Waals surface area contributed by atoms with Crippen molar-refractivity contribution >= 4 is 34.5 Å². The molecule has 1 fully saturated rings. The fourth-order valence-electron chi connectivity index (χ4n) is 4.08. The zero-order chi connectivity index (χ0) is 23.9. The Balaban J connectivity index is 1.39. The highest BCUT2D eigenvalue weighted by atomic mass is 35.5. The molecular weight excluding hydrogens is 454 g/mol. The number of hydrazone groups is 1. The number of carbonyl (C=O) groups excluding carboxylic acids is 1. The molecule has 0 saturated heterocycles. The smallest absolute Gasteiger partial charge is 0.271 e. The van der Waals surface area contributed by atoms with Crippen LogP contribution < -0.4 is 15.5 Å². The summed E-state index contributed by atoms with van der Waals surface area (Å²) in [6, 6.07) is 16.1. The molecule has 0 radical (unpaired) electrons. The van der Waals surface area contributed by atoms with Gasteiger partial charge in [0.2, 0.25) is 0 Å². The minimum absolute atomic E-state index is 0.0897. The van der Waals surface area contributed by atoms with Crippen LogP contribution in [0.4, 0.5) is 0 Å². The summed E-state index contributed by atoms with van der Waals surface area (Å²) in [5, 5.41) is 29.2. The molecule has 1 atom stereocenters. The number of aromatic hydroxyl groups is 1. The van der Waals surface area contributed by atoms with Crippen LogP contribution in [-0.4, -0.2) is 47.6 Å². The van der Waals surface area contributed by atoms with Crippen LogP contribution in [0.1, 0.15) is 41.6 Å². The van der Waals surface area contributed by atoms with E-state index in [0.29, 0.717) is 18.3 Å². The Bertz CT molecular complexity index is 1180. The number of hydrogen-bond donors (Lipinski definition) is 4. The van der Waals surface area contributed by atoms with Crippen LogP contribution >= 0.6 is 11.6 Å². The molecule has 1 aliphatic carbocycles. The normalized spacial score (nSPS) is 15.1. The van der Waals surface area contributed by atoms with Gasteiger partial charge in [-0.05, 0) is 48.6 Å². The number of phenols is 1. The number of benzene rings is 3. The Morgan fingerprint density at radius 1 is 1.15 bits per heavy atom. The predicted octanol–water partition coefficient (Wildman–Crippen LogP) is 4.23. The maximum Gasteiger partial charge on any atom is 0.271 e. The Hall–Kier alpha value is -3.13. The number of phenolic OH excluding ortho intramolecular Hbond substituents is 1. The van der Waals surface area contributed by atoms with Gasteiger partial charge in [0.25, 0.3) is 5.91 Å². The minimum Gasteiger partial charge on any atom is -0.506 e. The fraction of sp³-hybridized carbons (Fsp3) is 0.308. The van der Waals surface area contributed by atoms with E-state index in [2.05, 4.69) is 15.8 Å². The van der Waals surface area contributed by atoms with Gasteiger partial charge in [0.05, 0.1) is 11.2 Å². The molecule has 34 heavy (non-hydrogen) atoms. The molecule has 3 aromatic rings. The number of hydrogen-bond acceptors (Lipinski definition) is 6. The number of fused-ring (bicyclic) bond motifs is 1. The number of rotatable bonds is 9. The number of aliphatic hydroxyl groups is 1. The van der Waals surface area contributed by atoms with E-state index in [9.17, 15) is 15.0 Å². The standard InChI is InChI=1S/C26H28ClN3O4/c27-23-13-17(9-11-24(23)32)26(33)30-29-14-18-10-12-25(22-8-4-3-7-21(18)22)34-16-20(31)15-28-19-5-1-2-6-19/h3-4,7-14,19-20,28,31-32H,1-2,5-6,15-16H2,(H,30,33). The Morgan fingerprint density at radius 2 is 1.91 bits per heavy atom. The summed E-state index contributed by atoms with van der Waals surface area (Å²) in [5.41, 5.74) is 3.56. The maximum atomic E-state index is 12.3. The first-order valence-corrected chi connectivity index (χ1v) is 11.8. The third-order valence-corrected chi connectivity index (χ3v) is 6.23. The van der Waals surface area contributed by atoms with Crippen LogP contribution in [-0.2, 0) is 0 Å². The number of halogens is 1. The molecular formula is C26H28ClN3O4. The first kappa shape index (κ1) is 24.0. The molecule has 3 aromatic carbocycles. The molecule has 0 heterocycles. The third kappa shape index (κ3) is 6.05. The van der Waals surface area contributed by atoms with Gasteiger partial charge in [-0.1, -0.05) is 48.7 Å². The minimum atomic E-state index is -0.593. The lowest BCUT2D eigenvalue weighted by molar-refractivity contribution is 0.0955. The first-order valence-electron chi connectivity index (χ1n) is 11.4. The lowest BCUT2D eigenvalue weighted by atomic mass is 10.0. The van der Waals surface area contributed by atoms with Gasteiger partial charge in [-0.3, -0.25) is 4.79 Å². The van der Waals surface area contributed by atoms with Gasteiger partial charge < -0.3 is 20.3 Å². The van der Waals surface area contributed by atoms with E-state index in [-0.39, 0.29) is 22.9 Å². The third-order valence-electron chi connectivity index (χ3n) is 5.93. The van der Waals surface area contributed by atoms with Crippen molar-refractivity contribution in [1.82, 2.24) is 10.7 Å². The highest BCUT2D eigenvalue weighted by molar-refractivity contribution is 6.32. The average molecular weight is 482 g/mol. The molecule has 1 saturated carbocycles. The highest BCUT2D eigenvalue weighted by Crippen LogP contribution is 2.28. The second kappa shape index (κ2) is 11.3. The van der Waals surface area contributed by atoms with Crippen molar-refractivity contribution in [3.8, 4) is 11.5 Å². The average Bonchev–Trinajstić information content (AvgIpc) is 3.37. The summed E-state index contributed by atoms with van der Waals surface area (Å²) in [5.74, 6) is 0.145. The maximum absolute atomic E-state index is 12.3. The Labute approximate surface area is 203 Å². The van der Waals surface area contributed by atoms with Gasteiger partial charge in [-0.15, -0.1) is 0 Å². The number of nitrogens with one attached hydrogen (secondary N) is 2. The molecule has 0 aromatic heterocycles. The fourth-order valence-corrected chi connectivity index (χ4v) is 4.26. The SMILES string of the molecule is O=C(NN=Cc1ccc(OCC(O)CNC2CCCC2)c2ccccc12)c1ccc(O)c(Cl)c1. The van der Waals surface area contributed by atoms with E-state index in [4.69, 9.17) is 16.3 Å². The van der Waals surface area contributed by atoms with Crippen molar-refractivity contribution < 1.29 is 19.7 Å². The van der Waals surface area contributed by atoms with Crippen molar-refractivity contribution in [3.63, 3.8) is 0 Å². The number of ether oxygens (including phenoxy) is 1. The van der Waals surface area contributed by atoms with Gasteiger partial charge in [-0.25, -0.2) is 5.43 Å². The molecule has 4 rings (SSSR count). The van der Waals surface area contributed by atoms with Gasteiger partial charge in [0.15, 0.2) is 0 Å². The van der Waals surface area contributed by atoms with Crippen molar-refractivity contribution in [2.45, 2.75) is 37.8 Å². The zero-order valence-corrected chi connectivity index (χ0v) is 19.5. The van der Waals surface area contributed by atoms with E-state index < -0.39 is 12.0 Å². The van der Waals surface area contributed by atoms with Crippen molar-refractivity contribution in [1.29, 1.82) is 0 Å². The molecule has 178 valence electrons. The quantitative estimate of drug-likeness (QED) is 0.270. The molecule has 1 amide bonds. The van der Waals surface area contributed by atoms with Gasteiger partial charge in [0.1, 0.15) is 24.2 Å². The lowest BCUT2D eigenvalue weighted by Gasteiger charge is -2.17. The second-order valence-corrected chi connectivity index (χ2v) is 8.83. The summed E-state index contributed by atoms with van der Waals surface area (Å²) >= 11 is 5.86. The van der Waals surface area contributed by atoms with E-state index in [0.717, 1.165) is 16.3 Å². The van der Waals surface area contributed by atoms with E-state index in [1.54, 1.807) is 6.21 Å². The van der Waals surface area contributed by atoms with Gasteiger partial charge >= 0.3 is 0 Å². The van der Waals surface area contributed by atoms with E-state index in [1.165, 1.54) is 43.9 Å². The molecule has 1 aliphatic rings. The predicted molar refractivity (Wildman–Crippen MR) is 134 cm³/mol. The topological polar surface area (TPSA) is 103 Å². The van der Waals surface area contributed by atoms with Crippen molar-refractivity contribution in [2.24, 2.45) is 5.10 Å². The molecule has 7 nitrogen and oxygen atoms in total.